The number of hydrogen-bond acceptors (Lipinski definition) is 7. The van der Waals surface area contributed by atoms with E-state index in [0.29, 0.717) is 30.0 Å². The number of rotatable bonds is 12. The molecule has 0 atom stereocenters. The number of halogens is 2. The zero-order valence-electron chi connectivity index (χ0n) is 22.3. The van der Waals surface area contributed by atoms with Crippen molar-refractivity contribution in [2.24, 2.45) is 0 Å². The van der Waals surface area contributed by atoms with Crippen molar-refractivity contribution in [1.82, 2.24) is 9.55 Å². The van der Waals surface area contributed by atoms with Gasteiger partial charge in [0, 0.05) is 45.8 Å². The molecular weight excluding hydrogens is 516 g/mol. The van der Waals surface area contributed by atoms with Crippen LogP contribution in [0.2, 0.25) is 25.7 Å². The van der Waals surface area contributed by atoms with Crippen LogP contribution in [0, 0.1) is 11.6 Å². The number of nitrogens with one attached hydrogen (secondary N) is 1. The Bertz CT molecular complexity index is 1130. The van der Waals surface area contributed by atoms with Crippen LogP contribution in [0.5, 0.6) is 0 Å². The number of anilines is 1. The van der Waals surface area contributed by atoms with Gasteiger partial charge in [0.15, 0.2) is 11.6 Å². The Hall–Kier alpha value is -1.53. The summed E-state index contributed by atoms with van der Waals surface area (Å²) in [7, 11) is -1.32. The maximum Gasteiger partial charge on any atom is 0.266 e. The minimum absolute atomic E-state index is 0.00779. The minimum Gasteiger partial charge on any atom is -0.381 e. The van der Waals surface area contributed by atoms with E-state index < -0.39 is 25.3 Å². The topological polar surface area (TPSA) is 74.6 Å². The van der Waals surface area contributed by atoms with Crippen LogP contribution < -0.4 is 10.9 Å². The smallest absolute Gasteiger partial charge is 0.266 e. The minimum atomic E-state index is -1.32. The van der Waals surface area contributed by atoms with E-state index in [1.54, 1.807) is 11.8 Å². The van der Waals surface area contributed by atoms with Gasteiger partial charge in [-0.3, -0.25) is 9.36 Å². The Kier molecular flexibility index (Phi) is 9.66. The van der Waals surface area contributed by atoms with Gasteiger partial charge in [-0.1, -0.05) is 19.6 Å². The molecule has 11 heteroatoms. The Morgan fingerprint density at radius 3 is 2.62 bits per heavy atom. The van der Waals surface area contributed by atoms with E-state index in [-0.39, 0.29) is 35.5 Å². The molecule has 0 radical (unpaired) electrons. The predicted molar refractivity (Wildman–Crippen MR) is 147 cm³/mol. The van der Waals surface area contributed by atoms with Gasteiger partial charge in [0.1, 0.15) is 17.9 Å². The molecule has 206 valence electrons. The van der Waals surface area contributed by atoms with E-state index in [0.717, 1.165) is 44.9 Å². The number of fused-ring (bicyclic) bond motifs is 1. The van der Waals surface area contributed by atoms with Gasteiger partial charge in [-0.2, -0.15) is 11.8 Å². The highest BCUT2D eigenvalue weighted by Gasteiger charge is 2.31. The van der Waals surface area contributed by atoms with Gasteiger partial charge in [-0.25, -0.2) is 13.8 Å². The zero-order valence-corrected chi connectivity index (χ0v) is 24.1. The average Bonchev–Trinajstić information content (AvgIpc) is 2.83. The first-order chi connectivity index (χ1) is 17.7. The summed E-state index contributed by atoms with van der Waals surface area (Å²) in [6.45, 7) is 11.2. The normalized spacial score (nSPS) is 20.8. The van der Waals surface area contributed by atoms with E-state index >= 15 is 8.78 Å². The second-order valence-corrected chi connectivity index (χ2v) is 18.0. The highest BCUT2D eigenvalue weighted by molar-refractivity contribution is 7.99. The van der Waals surface area contributed by atoms with Crippen LogP contribution in [-0.2, 0) is 26.7 Å². The maximum absolute atomic E-state index is 15.3. The molecule has 1 aromatic carbocycles. The molecule has 0 spiro atoms. The summed E-state index contributed by atoms with van der Waals surface area (Å²) in [4.78, 5) is 18.1. The molecule has 1 N–H and O–H groups in total. The molecule has 2 aliphatic rings. The van der Waals surface area contributed by atoms with Gasteiger partial charge in [-0.05, 0) is 44.7 Å². The molecule has 1 saturated carbocycles. The molecule has 7 nitrogen and oxygen atoms in total. The van der Waals surface area contributed by atoms with Gasteiger partial charge in [0.2, 0.25) is 0 Å². The van der Waals surface area contributed by atoms with Crippen molar-refractivity contribution in [1.29, 1.82) is 0 Å². The predicted octanol–water partition coefficient (Wildman–Crippen LogP) is 5.38. The molecule has 0 amide bonds. The fraction of sp³-hybridized carbons (Fsp3) is 0.692. The van der Waals surface area contributed by atoms with E-state index in [9.17, 15) is 4.79 Å². The summed E-state index contributed by atoms with van der Waals surface area (Å²) >= 11 is 1.72. The van der Waals surface area contributed by atoms with Crippen LogP contribution in [0.15, 0.2) is 10.9 Å². The van der Waals surface area contributed by atoms with Gasteiger partial charge < -0.3 is 19.5 Å². The van der Waals surface area contributed by atoms with Crippen molar-refractivity contribution in [3.05, 3.63) is 33.9 Å². The summed E-state index contributed by atoms with van der Waals surface area (Å²) < 4.78 is 48.6. The Labute approximate surface area is 222 Å². The quantitative estimate of drug-likeness (QED) is 0.278. The molecule has 1 aliphatic heterocycles. The number of benzene rings is 1. The van der Waals surface area contributed by atoms with Crippen LogP contribution in [-0.4, -0.2) is 61.4 Å². The molecule has 2 heterocycles. The largest absolute Gasteiger partial charge is 0.381 e. The molecule has 2 fully saturated rings. The van der Waals surface area contributed by atoms with Crippen LogP contribution in [0.4, 0.5) is 14.5 Å². The summed E-state index contributed by atoms with van der Waals surface area (Å²) in [5.41, 5.74) is -0.416. The van der Waals surface area contributed by atoms with Crippen molar-refractivity contribution in [2.45, 2.75) is 88.2 Å². The maximum atomic E-state index is 15.3. The lowest BCUT2D eigenvalue weighted by Gasteiger charge is -2.36. The first-order valence-corrected chi connectivity index (χ1v) is 18.0. The lowest BCUT2D eigenvalue weighted by molar-refractivity contribution is 0.00292. The second-order valence-electron chi connectivity index (χ2n) is 11.1. The number of aromatic nitrogens is 2. The highest BCUT2D eigenvalue weighted by Crippen LogP contribution is 2.31. The van der Waals surface area contributed by atoms with E-state index in [1.807, 2.05) is 6.92 Å². The number of nitrogens with zero attached hydrogens (tertiary/aromatic N) is 2. The summed E-state index contributed by atoms with van der Waals surface area (Å²) in [6.07, 6.45) is 3.46. The third-order valence-electron chi connectivity index (χ3n) is 6.90. The third kappa shape index (κ3) is 7.32. The van der Waals surface area contributed by atoms with Crippen LogP contribution in [0.25, 0.3) is 10.9 Å². The molecule has 4 rings (SSSR count). The van der Waals surface area contributed by atoms with E-state index in [2.05, 4.69) is 29.9 Å². The molecule has 0 unspecified atom stereocenters. The summed E-state index contributed by atoms with van der Waals surface area (Å²) in [6, 6.07) is 2.40. The molecule has 2 aromatic rings. The van der Waals surface area contributed by atoms with E-state index in [1.165, 1.54) is 10.6 Å². The van der Waals surface area contributed by atoms with E-state index in [4.69, 9.17) is 14.2 Å². The molecule has 0 bridgehead atoms. The average molecular weight is 556 g/mol. The van der Waals surface area contributed by atoms with Gasteiger partial charge in [-0.15, -0.1) is 0 Å². The first kappa shape index (κ1) is 28.5. The molecule has 1 aliphatic carbocycles. The monoisotopic (exact) mass is 555 g/mol. The fourth-order valence-corrected chi connectivity index (χ4v) is 6.44. The van der Waals surface area contributed by atoms with Gasteiger partial charge >= 0.3 is 0 Å². The van der Waals surface area contributed by atoms with Crippen LogP contribution in [0.1, 0.15) is 38.4 Å². The number of hydrogen-bond donors (Lipinski definition) is 1. The standard InChI is InChI=1S/C26H39F2N3O4SSi/c1-5-35-18-12-17(13-18)29-21-14-20-23(25(28)24(21)27)26(32)31(16-34-10-11-37(2,3)4)22(30-20)15-36-19-6-8-33-9-7-19/h14,17-19,29H,5-13,15-16H2,1-4H3. The Balaban J connectivity index is 1.60. The summed E-state index contributed by atoms with van der Waals surface area (Å²) in [5, 5.41) is 3.15. The number of ether oxygens (including phenoxy) is 3. The molecule has 37 heavy (non-hydrogen) atoms. The fourth-order valence-electron chi connectivity index (χ4n) is 4.55. The SMILES string of the molecule is CCOC1CC(Nc2cc3nc(CSC4CCOCC4)n(COCC[Si](C)(C)C)c(=O)c3c(F)c2F)C1. The van der Waals surface area contributed by atoms with Gasteiger partial charge in [0.05, 0.1) is 23.1 Å². The van der Waals surface area contributed by atoms with Gasteiger partial charge in [0.25, 0.3) is 5.56 Å². The second kappa shape index (κ2) is 12.5. The van der Waals surface area contributed by atoms with Crippen molar-refractivity contribution in [2.75, 3.05) is 31.7 Å². The highest BCUT2D eigenvalue weighted by atomic mass is 32.2. The lowest BCUT2D eigenvalue weighted by atomic mass is 9.89. The van der Waals surface area contributed by atoms with Crippen LogP contribution >= 0.6 is 11.8 Å². The Morgan fingerprint density at radius 1 is 1.22 bits per heavy atom. The first-order valence-electron chi connectivity index (χ1n) is 13.2. The zero-order chi connectivity index (χ0) is 26.6. The van der Waals surface area contributed by atoms with Crippen molar-refractivity contribution in [3.63, 3.8) is 0 Å². The molecular formula is C26H39F2N3O4SSi. The molecule has 1 saturated heterocycles. The molecule has 1 aromatic heterocycles. The van der Waals surface area contributed by atoms with Crippen molar-refractivity contribution in [3.8, 4) is 0 Å². The Morgan fingerprint density at radius 2 is 1.95 bits per heavy atom. The van der Waals surface area contributed by atoms with Crippen LogP contribution in [0.3, 0.4) is 0 Å². The summed E-state index contributed by atoms with van der Waals surface area (Å²) in [5.74, 6) is -1.23. The number of thioether (sulfide) groups is 1. The van der Waals surface area contributed by atoms with Crippen molar-refractivity contribution < 1.29 is 23.0 Å². The third-order valence-corrected chi connectivity index (χ3v) is 9.97. The van der Waals surface area contributed by atoms with Crippen molar-refractivity contribution >= 4 is 36.4 Å². The lowest BCUT2D eigenvalue weighted by Crippen LogP contribution is -2.41.